The Balaban J connectivity index is 2.91. The smallest absolute Gasteiger partial charge is 0.410 e. The van der Waals surface area contributed by atoms with Gasteiger partial charge in [0.1, 0.15) is 5.60 Å². The van der Waals surface area contributed by atoms with Gasteiger partial charge in [-0.05, 0) is 52.0 Å². The Labute approximate surface area is 120 Å². The largest absolute Gasteiger partial charge is 0.478 e. The van der Waals surface area contributed by atoms with Crippen molar-refractivity contribution in [2.24, 2.45) is 0 Å². The predicted octanol–water partition coefficient (Wildman–Crippen LogP) is 3.20. The van der Waals surface area contributed by atoms with Crippen molar-refractivity contribution >= 4 is 12.1 Å². The number of aliphatic carboxylic acids is 1. The van der Waals surface area contributed by atoms with E-state index in [-0.39, 0.29) is 12.1 Å². The van der Waals surface area contributed by atoms with Crippen molar-refractivity contribution in [1.29, 1.82) is 0 Å². The van der Waals surface area contributed by atoms with Gasteiger partial charge in [-0.2, -0.15) is 0 Å². The molecule has 0 aliphatic carbocycles. The SMILES string of the molecule is CC/C(=C\C(=O)O)C1CCCCN1C(=O)OC(C)(C)C. The average Bonchev–Trinajstić information content (AvgIpc) is 2.33. The molecule has 5 heteroatoms. The Morgan fingerprint density at radius 2 is 2.00 bits per heavy atom. The van der Waals surface area contributed by atoms with E-state index in [1.165, 1.54) is 6.08 Å². The van der Waals surface area contributed by atoms with Gasteiger partial charge in [0, 0.05) is 12.6 Å². The van der Waals surface area contributed by atoms with Crippen LogP contribution < -0.4 is 0 Å². The molecule has 0 aromatic carbocycles. The van der Waals surface area contributed by atoms with Crippen molar-refractivity contribution < 1.29 is 19.4 Å². The van der Waals surface area contributed by atoms with Crippen LogP contribution in [0.2, 0.25) is 0 Å². The number of ether oxygens (including phenoxy) is 1. The second-order valence-corrected chi connectivity index (χ2v) is 6.10. The summed E-state index contributed by atoms with van der Waals surface area (Å²) in [7, 11) is 0. The minimum absolute atomic E-state index is 0.153. The summed E-state index contributed by atoms with van der Waals surface area (Å²) in [5, 5.41) is 8.95. The van der Waals surface area contributed by atoms with E-state index in [1.807, 2.05) is 27.7 Å². The fraction of sp³-hybridized carbons (Fsp3) is 0.733. The number of likely N-dealkylation sites (tertiary alicyclic amines) is 1. The third-order valence-electron chi connectivity index (χ3n) is 3.28. The lowest BCUT2D eigenvalue weighted by molar-refractivity contribution is -0.131. The van der Waals surface area contributed by atoms with Gasteiger partial charge in [0.15, 0.2) is 0 Å². The molecule has 0 bridgehead atoms. The van der Waals surface area contributed by atoms with Crippen LogP contribution in [0.4, 0.5) is 4.79 Å². The highest BCUT2D eigenvalue weighted by Gasteiger charge is 2.32. The zero-order valence-electron chi connectivity index (χ0n) is 12.8. The van der Waals surface area contributed by atoms with Crippen LogP contribution in [0.15, 0.2) is 11.6 Å². The second kappa shape index (κ2) is 6.77. The summed E-state index contributed by atoms with van der Waals surface area (Å²) >= 11 is 0. The third kappa shape index (κ3) is 4.87. The highest BCUT2D eigenvalue weighted by molar-refractivity contribution is 5.81. The molecule has 5 nitrogen and oxygen atoms in total. The lowest BCUT2D eigenvalue weighted by Gasteiger charge is -2.37. The van der Waals surface area contributed by atoms with Crippen molar-refractivity contribution in [3.05, 3.63) is 11.6 Å². The van der Waals surface area contributed by atoms with Gasteiger partial charge in [0.05, 0.1) is 6.04 Å². The van der Waals surface area contributed by atoms with Crippen molar-refractivity contribution in [2.75, 3.05) is 6.54 Å². The maximum absolute atomic E-state index is 12.3. The molecule has 1 heterocycles. The summed E-state index contributed by atoms with van der Waals surface area (Å²) in [5.74, 6) is -0.962. The van der Waals surface area contributed by atoms with Gasteiger partial charge >= 0.3 is 12.1 Å². The monoisotopic (exact) mass is 283 g/mol. The summed E-state index contributed by atoms with van der Waals surface area (Å²) in [6.07, 6.45) is 4.23. The van der Waals surface area contributed by atoms with Crippen molar-refractivity contribution in [1.82, 2.24) is 4.90 Å². The summed E-state index contributed by atoms with van der Waals surface area (Å²) in [6, 6.07) is -0.153. The number of carbonyl (C=O) groups is 2. The first-order valence-electron chi connectivity index (χ1n) is 7.17. The minimum atomic E-state index is -0.962. The summed E-state index contributed by atoms with van der Waals surface area (Å²) in [4.78, 5) is 24.8. The number of hydrogen-bond acceptors (Lipinski definition) is 3. The van der Waals surface area contributed by atoms with Crippen LogP contribution in [0.25, 0.3) is 0 Å². The van der Waals surface area contributed by atoms with Crippen molar-refractivity contribution in [3.63, 3.8) is 0 Å². The highest BCUT2D eigenvalue weighted by Crippen LogP contribution is 2.26. The molecule has 1 unspecified atom stereocenters. The molecule has 1 rings (SSSR count). The molecular formula is C15H25NO4. The van der Waals surface area contributed by atoms with Gasteiger partial charge in [0.25, 0.3) is 0 Å². The van der Waals surface area contributed by atoms with E-state index in [9.17, 15) is 9.59 Å². The normalized spacial score (nSPS) is 20.7. The molecule has 1 aliphatic heterocycles. The molecule has 1 aliphatic rings. The van der Waals surface area contributed by atoms with Crippen molar-refractivity contribution in [2.45, 2.75) is 65.0 Å². The fourth-order valence-electron chi connectivity index (χ4n) is 2.45. The fourth-order valence-corrected chi connectivity index (χ4v) is 2.45. The lowest BCUT2D eigenvalue weighted by atomic mass is 9.93. The van der Waals surface area contributed by atoms with Crippen molar-refractivity contribution in [3.8, 4) is 0 Å². The first kappa shape index (κ1) is 16.5. The van der Waals surface area contributed by atoms with E-state index >= 15 is 0 Å². The van der Waals surface area contributed by atoms with Crippen LogP contribution in [0, 0.1) is 0 Å². The van der Waals surface area contributed by atoms with E-state index < -0.39 is 11.6 Å². The van der Waals surface area contributed by atoms with Gasteiger partial charge in [-0.3, -0.25) is 0 Å². The molecule has 1 N–H and O–H groups in total. The lowest BCUT2D eigenvalue weighted by Crippen LogP contribution is -2.47. The van der Waals surface area contributed by atoms with E-state index in [4.69, 9.17) is 9.84 Å². The molecule has 20 heavy (non-hydrogen) atoms. The molecule has 1 atom stereocenters. The maximum atomic E-state index is 12.3. The predicted molar refractivity (Wildman–Crippen MR) is 76.6 cm³/mol. The second-order valence-electron chi connectivity index (χ2n) is 6.10. The highest BCUT2D eigenvalue weighted by atomic mass is 16.6. The van der Waals surface area contributed by atoms with E-state index in [0.29, 0.717) is 13.0 Å². The molecule has 1 saturated heterocycles. The van der Waals surface area contributed by atoms with Crippen LogP contribution >= 0.6 is 0 Å². The Kier molecular flexibility index (Phi) is 5.60. The summed E-state index contributed by atoms with van der Waals surface area (Å²) in [5.41, 5.74) is 0.241. The number of rotatable bonds is 3. The molecule has 114 valence electrons. The molecule has 0 spiro atoms. The maximum Gasteiger partial charge on any atom is 0.410 e. The quantitative estimate of drug-likeness (QED) is 0.808. The zero-order valence-corrected chi connectivity index (χ0v) is 12.8. The first-order valence-corrected chi connectivity index (χ1v) is 7.17. The average molecular weight is 283 g/mol. The molecule has 0 radical (unpaired) electrons. The molecule has 1 fully saturated rings. The summed E-state index contributed by atoms with van der Waals surface area (Å²) < 4.78 is 5.42. The van der Waals surface area contributed by atoms with Gasteiger partial charge < -0.3 is 14.7 Å². The number of hydrogen-bond donors (Lipinski definition) is 1. The van der Waals surface area contributed by atoms with Gasteiger partial charge in [-0.25, -0.2) is 9.59 Å². The number of amides is 1. The summed E-state index contributed by atoms with van der Waals surface area (Å²) in [6.45, 7) is 8.03. The third-order valence-corrected chi connectivity index (χ3v) is 3.28. The Morgan fingerprint density at radius 1 is 1.35 bits per heavy atom. The zero-order chi connectivity index (χ0) is 15.3. The molecule has 0 saturated carbocycles. The van der Waals surface area contributed by atoms with Crippen LogP contribution in [0.1, 0.15) is 53.4 Å². The van der Waals surface area contributed by atoms with Crippen LogP contribution in [0.5, 0.6) is 0 Å². The Hall–Kier alpha value is -1.52. The van der Waals surface area contributed by atoms with E-state index in [2.05, 4.69) is 0 Å². The first-order chi connectivity index (χ1) is 9.24. The molecular weight excluding hydrogens is 258 g/mol. The molecule has 0 aromatic heterocycles. The number of carbonyl (C=O) groups excluding carboxylic acids is 1. The number of nitrogens with zero attached hydrogens (tertiary/aromatic N) is 1. The number of carboxylic acids is 1. The number of piperidine rings is 1. The Bertz CT molecular complexity index is 395. The van der Waals surface area contributed by atoms with E-state index in [0.717, 1.165) is 24.8 Å². The van der Waals surface area contributed by atoms with Gasteiger partial charge in [-0.1, -0.05) is 6.92 Å². The minimum Gasteiger partial charge on any atom is -0.478 e. The molecule has 0 aromatic rings. The topological polar surface area (TPSA) is 66.8 Å². The van der Waals surface area contributed by atoms with Gasteiger partial charge in [-0.15, -0.1) is 0 Å². The standard InChI is InChI=1S/C15H25NO4/c1-5-11(10-13(17)18)12-8-6-7-9-16(12)14(19)20-15(2,3)4/h10,12H,5-9H2,1-4H3,(H,17,18)/b11-10+. The van der Waals surface area contributed by atoms with Gasteiger partial charge in [0.2, 0.25) is 0 Å². The van der Waals surface area contributed by atoms with Crippen LogP contribution in [-0.4, -0.2) is 40.3 Å². The van der Waals surface area contributed by atoms with Crippen LogP contribution in [-0.2, 0) is 9.53 Å². The number of carboxylic acid groups (broad SMARTS) is 1. The molecule has 1 amide bonds. The van der Waals surface area contributed by atoms with E-state index in [1.54, 1.807) is 4.90 Å². The Morgan fingerprint density at radius 3 is 2.50 bits per heavy atom. The van der Waals surface area contributed by atoms with Crippen LogP contribution in [0.3, 0.4) is 0 Å².